The summed E-state index contributed by atoms with van der Waals surface area (Å²) in [6.45, 7) is 4.49. The van der Waals surface area contributed by atoms with E-state index < -0.39 is 9.84 Å². The smallest absolute Gasteiger partial charge is 0.260 e. The van der Waals surface area contributed by atoms with Crippen LogP contribution < -0.4 is 4.90 Å². The molecule has 0 fully saturated rings. The molecule has 0 bridgehead atoms. The van der Waals surface area contributed by atoms with E-state index in [1.165, 1.54) is 35.6 Å². The molecular formula is C24H23N3O3S2. The number of para-hydroxylation sites is 1. The summed E-state index contributed by atoms with van der Waals surface area (Å²) in [5.41, 5.74) is 3.15. The van der Waals surface area contributed by atoms with Crippen LogP contribution in [0.5, 0.6) is 0 Å². The van der Waals surface area contributed by atoms with Crippen molar-refractivity contribution in [1.29, 1.82) is 0 Å². The number of hydrogen-bond donors (Lipinski definition) is 0. The van der Waals surface area contributed by atoms with Gasteiger partial charge in [-0.3, -0.25) is 14.7 Å². The van der Waals surface area contributed by atoms with Crippen molar-refractivity contribution in [2.24, 2.45) is 0 Å². The molecule has 2 aromatic heterocycles. The highest BCUT2D eigenvalue weighted by molar-refractivity contribution is 7.90. The second-order valence-corrected chi connectivity index (χ2v) is 10.9. The number of nitrogens with zero attached hydrogens (tertiary/aromatic N) is 3. The summed E-state index contributed by atoms with van der Waals surface area (Å²) >= 11 is 1.46. The third-order valence-corrected chi connectivity index (χ3v) is 7.28. The van der Waals surface area contributed by atoms with Gasteiger partial charge in [0.15, 0.2) is 15.0 Å². The van der Waals surface area contributed by atoms with Crippen LogP contribution in [0.2, 0.25) is 0 Å². The fourth-order valence-corrected chi connectivity index (χ4v) is 5.05. The van der Waals surface area contributed by atoms with Gasteiger partial charge in [0.05, 0.1) is 27.4 Å². The second-order valence-electron chi connectivity index (χ2n) is 7.85. The molecule has 0 saturated carbocycles. The molecule has 32 heavy (non-hydrogen) atoms. The normalized spacial score (nSPS) is 11.8. The number of anilines is 1. The summed E-state index contributed by atoms with van der Waals surface area (Å²) < 4.78 is 24.6. The van der Waals surface area contributed by atoms with Crippen LogP contribution in [-0.2, 0) is 16.4 Å². The Morgan fingerprint density at radius 2 is 1.78 bits per heavy atom. The molecule has 0 atom stereocenters. The lowest BCUT2D eigenvalue weighted by atomic mass is 10.0. The molecule has 0 N–H and O–H groups in total. The van der Waals surface area contributed by atoms with Crippen LogP contribution >= 0.6 is 11.3 Å². The van der Waals surface area contributed by atoms with Crippen LogP contribution in [0.25, 0.3) is 10.2 Å². The molecule has 2 heterocycles. The summed E-state index contributed by atoms with van der Waals surface area (Å²) in [7, 11) is -3.34. The Bertz CT molecular complexity index is 1360. The van der Waals surface area contributed by atoms with Crippen molar-refractivity contribution in [3.8, 4) is 0 Å². The minimum absolute atomic E-state index is 0.173. The molecule has 4 rings (SSSR count). The van der Waals surface area contributed by atoms with E-state index in [-0.39, 0.29) is 17.3 Å². The SMILES string of the molecule is CC(C)c1cccc2sc(N(Cc3ccccn3)C(=O)c3ccc(S(C)(=O)=O)cc3)nc12. The zero-order chi connectivity index (χ0) is 22.9. The van der Waals surface area contributed by atoms with Gasteiger partial charge in [-0.1, -0.05) is 43.4 Å². The largest absolute Gasteiger partial charge is 0.278 e. The van der Waals surface area contributed by atoms with E-state index in [1.807, 2.05) is 30.3 Å². The lowest BCUT2D eigenvalue weighted by Crippen LogP contribution is -2.30. The van der Waals surface area contributed by atoms with E-state index in [4.69, 9.17) is 4.98 Å². The third-order valence-electron chi connectivity index (χ3n) is 5.11. The first-order valence-electron chi connectivity index (χ1n) is 10.2. The minimum Gasteiger partial charge on any atom is -0.278 e. The van der Waals surface area contributed by atoms with Gasteiger partial charge >= 0.3 is 0 Å². The van der Waals surface area contributed by atoms with Crippen LogP contribution in [0.4, 0.5) is 5.13 Å². The topological polar surface area (TPSA) is 80.2 Å². The van der Waals surface area contributed by atoms with Crippen molar-refractivity contribution in [3.05, 3.63) is 83.7 Å². The van der Waals surface area contributed by atoms with Crippen molar-refractivity contribution in [1.82, 2.24) is 9.97 Å². The number of carbonyl (C=O) groups is 1. The highest BCUT2D eigenvalue weighted by Gasteiger charge is 2.23. The third kappa shape index (κ3) is 4.56. The average Bonchev–Trinajstić information content (AvgIpc) is 3.21. The summed E-state index contributed by atoms with van der Waals surface area (Å²) in [6.07, 6.45) is 2.83. The predicted molar refractivity (Wildman–Crippen MR) is 128 cm³/mol. The molecule has 6 nitrogen and oxygen atoms in total. The van der Waals surface area contributed by atoms with Gasteiger partial charge in [-0.15, -0.1) is 0 Å². The number of aromatic nitrogens is 2. The number of carbonyl (C=O) groups excluding carboxylic acids is 1. The Kier molecular flexibility index (Phi) is 6.08. The number of fused-ring (bicyclic) bond motifs is 1. The van der Waals surface area contributed by atoms with Gasteiger partial charge in [-0.2, -0.15) is 0 Å². The standard InChI is InChI=1S/C24H23N3O3S2/c1-16(2)20-8-6-9-21-22(20)26-24(31-21)27(15-18-7-4-5-14-25-18)23(28)17-10-12-19(13-11-17)32(3,29)30/h4-14,16H,15H2,1-3H3. The lowest BCUT2D eigenvalue weighted by Gasteiger charge is -2.19. The van der Waals surface area contributed by atoms with Crippen LogP contribution in [0.3, 0.4) is 0 Å². The van der Waals surface area contributed by atoms with Gasteiger partial charge in [-0.25, -0.2) is 13.4 Å². The van der Waals surface area contributed by atoms with E-state index in [9.17, 15) is 13.2 Å². The molecule has 0 spiro atoms. The van der Waals surface area contributed by atoms with Gasteiger partial charge < -0.3 is 0 Å². The highest BCUT2D eigenvalue weighted by atomic mass is 32.2. The Morgan fingerprint density at radius 3 is 2.41 bits per heavy atom. The Labute approximate surface area is 191 Å². The highest BCUT2D eigenvalue weighted by Crippen LogP contribution is 2.34. The Morgan fingerprint density at radius 1 is 1.03 bits per heavy atom. The second kappa shape index (κ2) is 8.80. The zero-order valence-electron chi connectivity index (χ0n) is 18.0. The van der Waals surface area contributed by atoms with Crippen LogP contribution in [0, 0.1) is 0 Å². The van der Waals surface area contributed by atoms with Gasteiger partial charge in [0, 0.05) is 18.0 Å². The molecule has 0 unspecified atom stereocenters. The van der Waals surface area contributed by atoms with Crippen molar-refractivity contribution in [2.75, 3.05) is 11.2 Å². The number of sulfone groups is 1. The minimum atomic E-state index is -3.34. The number of amides is 1. The molecule has 4 aromatic rings. The molecule has 0 radical (unpaired) electrons. The van der Waals surface area contributed by atoms with E-state index in [0.717, 1.165) is 27.7 Å². The molecule has 1 amide bonds. The summed E-state index contributed by atoms with van der Waals surface area (Å²) in [5, 5.41) is 0.580. The maximum absolute atomic E-state index is 13.5. The van der Waals surface area contributed by atoms with Gasteiger partial charge in [0.2, 0.25) is 0 Å². The van der Waals surface area contributed by atoms with E-state index in [2.05, 4.69) is 24.9 Å². The molecule has 2 aromatic carbocycles. The number of hydrogen-bond acceptors (Lipinski definition) is 6. The maximum atomic E-state index is 13.5. The first-order valence-corrected chi connectivity index (χ1v) is 12.9. The van der Waals surface area contributed by atoms with Crippen LogP contribution in [0.15, 0.2) is 71.8 Å². The molecule has 8 heteroatoms. The molecular weight excluding hydrogens is 442 g/mol. The number of rotatable bonds is 6. The Balaban J connectivity index is 1.78. The Hall–Kier alpha value is -3.10. The molecule has 0 aliphatic heterocycles. The van der Waals surface area contributed by atoms with Crippen molar-refractivity contribution in [2.45, 2.75) is 31.2 Å². The van der Waals surface area contributed by atoms with Crippen molar-refractivity contribution in [3.63, 3.8) is 0 Å². The summed E-state index contributed by atoms with van der Waals surface area (Å²) in [5.74, 6) is 0.0398. The molecule has 164 valence electrons. The molecule has 0 aliphatic carbocycles. The van der Waals surface area contributed by atoms with Crippen LogP contribution in [0.1, 0.15) is 41.4 Å². The molecule has 0 saturated heterocycles. The quantitative estimate of drug-likeness (QED) is 0.397. The van der Waals surface area contributed by atoms with E-state index >= 15 is 0 Å². The number of thiazole rings is 1. The summed E-state index contributed by atoms with van der Waals surface area (Å²) in [4.78, 5) is 24.5. The fraction of sp³-hybridized carbons (Fsp3) is 0.208. The van der Waals surface area contributed by atoms with E-state index in [1.54, 1.807) is 11.1 Å². The van der Waals surface area contributed by atoms with Crippen molar-refractivity contribution < 1.29 is 13.2 Å². The molecule has 0 aliphatic rings. The maximum Gasteiger partial charge on any atom is 0.260 e. The monoisotopic (exact) mass is 465 g/mol. The van der Waals surface area contributed by atoms with E-state index in [0.29, 0.717) is 16.6 Å². The predicted octanol–water partition coefficient (Wildman–Crippen LogP) is 5.07. The average molecular weight is 466 g/mol. The number of pyridine rings is 1. The van der Waals surface area contributed by atoms with Gasteiger partial charge in [0.1, 0.15) is 0 Å². The van der Waals surface area contributed by atoms with Crippen molar-refractivity contribution >= 4 is 42.4 Å². The van der Waals surface area contributed by atoms with Gasteiger partial charge in [-0.05, 0) is 53.9 Å². The first-order chi connectivity index (χ1) is 15.2. The number of benzene rings is 2. The summed E-state index contributed by atoms with van der Waals surface area (Å²) in [6, 6.07) is 17.6. The lowest BCUT2D eigenvalue weighted by molar-refractivity contribution is 0.0984. The van der Waals surface area contributed by atoms with Gasteiger partial charge in [0.25, 0.3) is 5.91 Å². The van der Waals surface area contributed by atoms with Crippen LogP contribution in [-0.4, -0.2) is 30.5 Å². The first kappa shape index (κ1) is 22.1. The zero-order valence-corrected chi connectivity index (χ0v) is 19.7. The fourth-order valence-electron chi connectivity index (χ4n) is 3.42.